The number of carbonyl (C=O) groups excluding carboxylic acids is 3. The molecule has 1 aliphatic rings. The fourth-order valence-electron chi connectivity index (χ4n) is 2.83. The zero-order chi connectivity index (χ0) is 20.3. The van der Waals surface area contributed by atoms with E-state index in [0.717, 1.165) is 6.07 Å². The molecule has 1 heterocycles. The Morgan fingerprint density at radius 3 is 2.54 bits per heavy atom. The Balaban J connectivity index is 1.93. The molecule has 1 atom stereocenters. The van der Waals surface area contributed by atoms with Crippen molar-refractivity contribution in [2.24, 2.45) is 0 Å². The van der Waals surface area contributed by atoms with Crippen molar-refractivity contribution in [3.05, 3.63) is 69.3 Å². The van der Waals surface area contributed by atoms with Gasteiger partial charge in [0.05, 0.1) is 17.1 Å². The highest BCUT2D eigenvalue weighted by Gasteiger charge is 2.32. The van der Waals surface area contributed by atoms with Crippen molar-refractivity contribution in [1.29, 1.82) is 0 Å². The summed E-state index contributed by atoms with van der Waals surface area (Å²) in [5.74, 6) is -2.04. The van der Waals surface area contributed by atoms with Gasteiger partial charge in [0.1, 0.15) is 5.69 Å². The number of ether oxygens (including phenoxy) is 2. The first kappa shape index (κ1) is 19.0. The molecule has 1 saturated heterocycles. The largest absolute Gasteiger partial charge is 0.463 e. The van der Waals surface area contributed by atoms with E-state index in [9.17, 15) is 24.5 Å². The van der Waals surface area contributed by atoms with Crippen molar-refractivity contribution >= 4 is 29.1 Å². The minimum Gasteiger partial charge on any atom is -0.463 e. The van der Waals surface area contributed by atoms with Crippen LogP contribution in [0.15, 0.2) is 42.5 Å². The van der Waals surface area contributed by atoms with E-state index < -0.39 is 28.7 Å². The fraction of sp³-hybridized carbons (Fsp3) is 0.211. The number of nitro benzene ring substituents is 1. The molecule has 2 aromatic carbocycles. The fourth-order valence-corrected chi connectivity index (χ4v) is 2.83. The number of nitrogens with zero attached hydrogens (tertiary/aromatic N) is 1. The third kappa shape index (κ3) is 3.68. The van der Waals surface area contributed by atoms with Crippen LogP contribution in [0, 0.1) is 10.1 Å². The predicted octanol–water partition coefficient (Wildman–Crippen LogP) is 2.34. The summed E-state index contributed by atoms with van der Waals surface area (Å²) in [5.41, 5.74) is 0.0280. The first-order valence-corrected chi connectivity index (χ1v) is 8.40. The maximum absolute atomic E-state index is 12.9. The average Bonchev–Trinajstić information content (AvgIpc) is 3.11. The van der Waals surface area contributed by atoms with Gasteiger partial charge in [-0.05, 0) is 18.2 Å². The number of hydrogen-bond donors (Lipinski definition) is 1. The molecule has 0 aromatic heterocycles. The van der Waals surface area contributed by atoms with E-state index in [-0.39, 0.29) is 41.1 Å². The van der Waals surface area contributed by atoms with Crippen LogP contribution in [-0.4, -0.2) is 42.4 Å². The smallest absolute Gasteiger partial charge is 0.347 e. The van der Waals surface area contributed by atoms with Crippen molar-refractivity contribution in [2.45, 2.75) is 12.5 Å². The van der Waals surface area contributed by atoms with Gasteiger partial charge in [-0.2, -0.15) is 0 Å². The van der Waals surface area contributed by atoms with Gasteiger partial charge in [-0.15, -0.1) is 0 Å². The Bertz CT molecular complexity index is 971. The first-order chi connectivity index (χ1) is 13.4. The molecule has 0 radical (unpaired) electrons. The van der Waals surface area contributed by atoms with Crippen molar-refractivity contribution in [3.63, 3.8) is 0 Å². The van der Waals surface area contributed by atoms with Gasteiger partial charge < -0.3 is 14.8 Å². The number of benzene rings is 2. The van der Waals surface area contributed by atoms with Gasteiger partial charge in [0, 0.05) is 30.7 Å². The number of nitrogens with one attached hydrogen (secondary N) is 1. The number of cyclic esters (lactones) is 1. The second kappa shape index (κ2) is 7.87. The molecule has 1 fully saturated rings. The SMILES string of the molecule is CNc1ccc(C(=O)c2ccccc2C(=O)O[C@@H]2CCOC2=O)cc1[N+](=O)[O-]. The molecule has 0 aliphatic carbocycles. The predicted molar refractivity (Wildman–Crippen MR) is 97.3 cm³/mol. The Kier molecular flexibility index (Phi) is 5.35. The minimum absolute atomic E-state index is 0.0189. The second-order valence-corrected chi connectivity index (χ2v) is 5.96. The number of ketones is 1. The van der Waals surface area contributed by atoms with Gasteiger partial charge in [0.2, 0.25) is 6.10 Å². The van der Waals surface area contributed by atoms with Gasteiger partial charge in [0.15, 0.2) is 5.78 Å². The lowest BCUT2D eigenvalue weighted by molar-refractivity contribution is -0.384. The number of rotatable bonds is 6. The number of esters is 2. The van der Waals surface area contributed by atoms with Crippen molar-refractivity contribution < 1.29 is 28.8 Å². The zero-order valence-electron chi connectivity index (χ0n) is 14.8. The third-order valence-electron chi connectivity index (χ3n) is 4.25. The van der Waals surface area contributed by atoms with Crippen LogP contribution in [0.4, 0.5) is 11.4 Å². The third-order valence-corrected chi connectivity index (χ3v) is 4.25. The molecule has 28 heavy (non-hydrogen) atoms. The lowest BCUT2D eigenvalue weighted by Gasteiger charge is -2.11. The Morgan fingerprint density at radius 2 is 1.93 bits per heavy atom. The minimum atomic E-state index is -1.01. The van der Waals surface area contributed by atoms with Gasteiger partial charge in [-0.3, -0.25) is 14.9 Å². The van der Waals surface area contributed by atoms with Crippen LogP contribution in [0.25, 0.3) is 0 Å². The highest BCUT2D eigenvalue weighted by molar-refractivity contribution is 6.15. The van der Waals surface area contributed by atoms with Crippen molar-refractivity contribution in [2.75, 3.05) is 19.0 Å². The summed E-state index contributed by atoms with van der Waals surface area (Å²) in [6.07, 6.45) is -0.759. The van der Waals surface area contributed by atoms with E-state index >= 15 is 0 Å². The van der Waals surface area contributed by atoms with Crippen LogP contribution in [0.2, 0.25) is 0 Å². The molecule has 0 spiro atoms. The molecule has 0 amide bonds. The van der Waals surface area contributed by atoms with Crippen LogP contribution >= 0.6 is 0 Å². The van der Waals surface area contributed by atoms with Crippen LogP contribution in [0.5, 0.6) is 0 Å². The van der Waals surface area contributed by atoms with Gasteiger partial charge >= 0.3 is 11.9 Å². The summed E-state index contributed by atoms with van der Waals surface area (Å²) in [4.78, 5) is 47.5. The molecule has 2 aromatic rings. The number of hydrogen-bond acceptors (Lipinski definition) is 8. The Labute approximate surface area is 159 Å². The van der Waals surface area contributed by atoms with E-state index in [4.69, 9.17) is 9.47 Å². The van der Waals surface area contributed by atoms with Crippen LogP contribution in [0.1, 0.15) is 32.7 Å². The standard InChI is InChI=1S/C19H16N2O7/c1-20-14-7-6-11(10-15(14)21(25)26)17(22)12-4-2-3-5-13(12)18(23)28-16-8-9-27-19(16)24/h2-7,10,16,20H,8-9H2,1H3/t16-/m1/s1. The summed E-state index contributed by atoms with van der Waals surface area (Å²) in [6, 6.07) is 9.91. The van der Waals surface area contributed by atoms with Crippen LogP contribution in [0.3, 0.4) is 0 Å². The van der Waals surface area contributed by atoms with E-state index in [0.29, 0.717) is 0 Å². The lowest BCUT2D eigenvalue weighted by Crippen LogP contribution is -2.24. The Hall–Kier alpha value is -3.75. The molecule has 0 bridgehead atoms. The summed E-state index contributed by atoms with van der Waals surface area (Å²) in [6.45, 7) is 0.166. The van der Waals surface area contributed by atoms with E-state index in [2.05, 4.69) is 5.32 Å². The van der Waals surface area contributed by atoms with Gasteiger partial charge in [-0.1, -0.05) is 18.2 Å². The zero-order valence-corrected chi connectivity index (χ0v) is 14.8. The molecular formula is C19H16N2O7. The monoisotopic (exact) mass is 384 g/mol. The molecule has 9 nitrogen and oxygen atoms in total. The molecule has 0 unspecified atom stereocenters. The van der Waals surface area contributed by atoms with E-state index in [1.165, 1.54) is 31.3 Å². The van der Waals surface area contributed by atoms with Crippen LogP contribution < -0.4 is 5.32 Å². The summed E-state index contributed by atoms with van der Waals surface area (Å²) < 4.78 is 9.90. The Morgan fingerprint density at radius 1 is 1.21 bits per heavy atom. The molecule has 1 aliphatic heterocycles. The number of nitro groups is 1. The molecular weight excluding hydrogens is 368 g/mol. The van der Waals surface area contributed by atoms with E-state index in [1.807, 2.05) is 0 Å². The summed E-state index contributed by atoms with van der Waals surface area (Å²) >= 11 is 0. The first-order valence-electron chi connectivity index (χ1n) is 8.40. The quantitative estimate of drug-likeness (QED) is 0.348. The topological polar surface area (TPSA) is 125 Å². The highest BCUT2D eigenvalue weighted by atomic mass is 16.6. The maximum atomic E-state index is 12.9. The summed E-state index contributed by atoms with van der Waals surface area (Å²) in [5, 5.41) is 13.9. The normalized spacial score (nSPS) is 15.6. The number of anilines is 1. The summed E-state index contributed by atoms with van der Waals surface area (Å²) in [7, 11) is 1.53. The lowest BCUT2D eigenvalue weighted by atomic mass is 9.97. The molecule has 144 valence electrons. The molecule has 9 heteroatoms. The van der Waals surface area contributed by atoms with Gasteiger partial charge in [-0.25, -0.2) is 9.59 Å². The molecule has 3 rings (SSSR count). The van der Waals surface area contributed by atoms with Crippen molar-refractivity contribution in [1.82, 2.24) is 0 Å². The average molecular weight is 384 g/mol. The highest BCUT2D eigenvalue weighted by Crippen LogP contribution is 2.27. The van der Waals surface area contributed by atoms with Crippen molar-refractivity contribution in [3.8, 4) is 0 Å². The molecule has 0 saturated carbocycles. The van der Waals surface area contributed by atoms with Gasteiger partial charge in [0.25, 0.3) is 5.69 Å². The molecule has 1 N–H and O–H groups in total. The second-order valence-electron chi connectivity index (χ2n) is 5.96. The number of carbonyl (C=O) groups is 3. The van der Waals surface area contributed by atoms with Crippen LogP contribution in [-0.2, 0) is 14.3 Å². The van der Waals surface area contributed by atoms with E-state index in [1.54, 1.807) is 12.1 Å². The maximum Gasteiger partial charge on any atom is 0.347 e.